The van der Waals surface area contributed by atoms with Gasteiger partial charge in [-0.15, -0.1) is 0 Å². The van der Waals surface area contributed by atoms with E-state index in [1.54, 1.807) is 31.6 Å². The van der Waals surface area contributed by atoms with Crippen LogP contribution in [0.2, 0.25) is 0 Å². The summed E-state index contributed by atoms with van der Waals surface area (Å²) in [7, 11) is 1.76. The molecule has 0 unspecified atom stereocenters. The summed E-state index contributed by atoms with van der Waals surface area (Å²) in [5.74, 6) is 0.581. The lowest BCUT2D eigenvalue weighted by Gasteiger charge is -1.96. The van der Waals surface area contributed by atoms with Crippen LogP contribution >= 0.6 is 0 Å². The first-order valence-electron chi connectivity index (χ1n) is 4.04. The summed E-state index contributed by atoms with van der Waals surface area (Å²) in [6.07, 6.45) is 6.92. The summed E-state index contributed by atoms with van der Waals surface area (Å²) in [5.41, 5.74) is 8.90. The van der Waals surface area contributed by atoms with Crippen LogP contribution in [0, 0.1) is 0 Å². The highest BCUT2D eigenvalue weighted by Crippen LogP contribution is 2.01. The first kappa shape index (κ1) is 10.0. The highest BCUT2D eigenvalue weighted by Gasteiger charge is 1.90. The van der Waals surface area contributed by atoms with Crippen LogP contribution in [-0.4, -0.2) is 23.6 Å². The van der Waals surface area contributed by atoms with E-state index in [0.717, 1.165) is 5.56 Å². The molecule has 6 nitrogen and oxygen atoms in total. The smallest absolute Gasteiger partial charge is 0.222 e. The third-order valence-electron chi connectivity index (χ3n) is 1.46. The normalized spacial score (nSPS) is 9.79. The summed E-state index contributed by atoms with van der Waals surface area (Å²) in [6, 6.07) is 0. The summed E-state index contributed by atoms with van der Waals surface area (Å²) in [6.45, 7) is 0.338. The van der Waals surface area contributed by atoms with Gasteiger partial charge < -0.3 is 5.32 Å². The zero-order chi connectivity index (χ0) is 10.2. The Balaban J connectivity index is 2.59. The van der Waals surface area contributed by atoms with Gasteiger partial charge in [0.1, 0.15) is 0 Å². The van der Waals surface area contributed by atoms with Gasteiger partial charge in [-0.1, -0.05) is 17.3 Å². The van der Waals surface area contributed by atoms with Crippen LogP contribution < -0.4 is 5.32 Å². The van der Waals surface area contributed by atoms with Gasteiger partial charge in [0.15, 0.2) is 0 Å². The first-order chi connectivity index (χ1) is 6.86. The van der Waals surface area contributed by atoms with Gasteiger partial charge in [0.2, 0.25) is 5.95 Å². The average molecular weight is 190 g/mol. The van der Waals surface area contributed by atoms with Crippen LogP contribution in [0.3, 0.4) is 0 Å². The van der Waals surface area contributed by atoms with Crippen LogP contribution in [0.25, 0.3) is 16.5 Å². The molecule has 0 spiro atoms. The standard InChI is InChI=1S/C8H10N6/c1-10-8-11-5-7(6-12-8)3-2-4-13-14-9/h2-3,5-6H,4H2,1H3,(H,10,11,12). The Morgan fingerprint density at radius 2 is 2.29 bits per heavy atom. The van der Waals surface area contributed by atoms with E-state index in [4.69, 9.17) is 5.53 Å². The van der Waals surface area contributed by atoms with Gasteiger partial charge in [-0.3, -0.25) is 0 Å². The van der Waals surface area contributed by atoms with Crippen molar-refractivity contribution in [3.05, 3.63) is 34.5 Å². The molecule has 1 aromatic heterocycles. The molecule has 6 heteroatoms. The van der Waals surface area contributed by atoms with Gasteiger partial charge in [-0.05, 0) is 5.53 Å². The van der Waals surface area contributed by atoms with E-state index in [2.05, 4.69) is 25.3 Å². The maximum Gasteiger partial charge on any atom is 0.222 e. The van der Waals surface area contributed by atoms with Gasteiger partial charge >= 0.3 is 0 Å². The number of hydrogen-bond acceptors (Lipinski definition) is 4. The van der Waals surface area contributed by atoms with Crippen molar-refractivity contribution in [2.24, 2.45) is 5.11 Å². The zero-order valence-electron chi connectivity index (χ0n) is 7.75. The molecule has 14 heavy (non-hydrogen) atoms. The van der Waals surface area contributed by atoms with Crippen molar-refractivity contribution in [1.82, 2.24) is 9.97 Å². The molecule has 0 aliphatic carbocycles. The predicted molar refractivity (Wildman–Crippen MR) is 54.6 cm³/mol. The molecule has 1 rings (SSSR count). The minimum absolute atomic E-state index is 0.338. The molecule has 0 saturated heterocycles. The summed E-state index contributed by atoms with van der Waals surface area (Å²) in [5, 5.41) is 6.18. The number of rotatable bonds is 4. The Morgan fingerprint density at radius 3 is 2.86 bits per heavy atom. The topological polar surface area (TPSA) is 86.6 Å². The number of hydrogen-bond donors (Lipinski definition) is 1. The quantitative estimate of drug-likeness (QED) is 0.446. The fourth-order valence-corrected chi connectivity index (χ4v) is 0.826. The SMILES string of the molecule is CNc1ncc(C=CCN=[N+]=[N-])cn1. The average Bonchev–Trinajstić information content (AvgIpc) is 2.25. The van der Waals surface area contributed by atoms with Crippen molar-refractivity contribution in [3.63, 3.8) is 0 Å². The van der Waals surface area contributed by atoms with Crippen LogP contribution in [0.4, 0.5) is 5.95 Å². The monoisotopic (exact) mass is 190 g/mol. The van der Waals surface area contributed by atoms with Crippen LogP contribution in [0.15, 0.2) is 23.6 Å². The second-order valence-corrected chi connectivity index (χ2v) is 2.41. The molecule has 0 bridgehead atoms. The van der Waals surface area contributed by atoms with Crippen molar-refractivity contribution in [2.75, 3.05) is 18.9 Å². The number of azide groups is 1. The number of aromatic nitrogens is 2. The van der Waals surface area contributed by atoms with E-state index >= 15 is 0 Å². The van der Waals surface area contributed by atoms with E-state index in [1.165, 1.54) is 0 Å². The zero-order valence-corrected chi connectivity index (χ0v) is 7.75. The van der Waals surface area contributed by atoms with Crippen molar-refractivity contribution in [2.45, 2.75) is 0 Å². The lowest BCUT2D eigenvalue weighted by Crippen LogP contribution is -1.94. The maximum absolute atomic E-state index is 8.02. The van der Waals surface area contributed by atoms with Crippen molar-refractivity contribution in [3.8, 4) is 0 Å². The van der Waals surface area contributed by atoms with E-state index < -0.39 is 0 Å². The number of nitrogens with one attached hydrogen (secondary N) is 1. The highest BCUT2D eigenvalue weighted by atomic mass is 15.1. The molecule has 0 aliphatic heterocycles. The third kappa shape index (κ3) is 3.12. The lowest BCUT2D eigenvalue weighted by atomic mass is 10.3. The van der Waals surface area contributed by atoms with Gasteiger partial charge in [0.25, 0.3) is 0 Å². The van der Waals surface area contributed by atoms with Gasteiger partial charge in [-0.2, -0.15) is 0 Å². The number of anilines is 1. The van der Waals surface area contributed by atoms with E-state index in [1.807, 2.05) is 0 Å². The molecule has 0 amide bonds. The molecule has 0 fully saturated rings. The second-order valence-electron chi connectivity index (χ2n) is 2.41. The van der Waals surface area contributed by atoms with Crippen LogP contribution in [0.5, 0.6) is 0 Å². The molecule has 0 aromatic carbocycles. The number of nitrogens with zero attached hydrogens (tertiary/aromatic N) is 5. The molecular formula is C8H10N6. The Labute approximate surface area is 81.3 Å². The Bertz CT molecular complexity index is 349. The molecular weight excluding hydrogens is 180 g/mol. The highest BCUT2D eigenvalue weighted by molar-refractivity contribution is 5.47. The van der Waals surface area contributed by atoms with E-state index in [0.29, 0.717) is 12.5 Å². The van der Waals surface area contributed by atoms with Gasteiger partial charge in [-0.25, -0.2) is 9.97 Å². The Kier molecular flexibility index (Phi) is 3.97. The molecule has 1 N–H and O–H groups in total. The Hall–Kier alpha value is -2.07. The van der Waals surface area contributed by atoms with Crippen LogP contribution in [-0.2, 0) is 0 Å². The predicted octanol–water partition coefficient (Wildman–Crippen LogP) is 1.84. The first-order valence-corrected chi connectivity index (χ1v) is 4.04. The fourth-order valence-electron chi connectivity index (χ4n) is 0.826. The van der Waals surface area contributed by atoms with Crippen molar-refractivity contribution < 1.29 is 0 Å². The molecule has 0 atom stereocenters. The summed E-state index contributed by atoms with van der Waals surface area (Å²) < 4.78 is 0. The Morgan fingerprint density at radius 1 is 1.57 bits per heavy atom. The lowest BCUT2D eigenvalue weighted by molar-refractivity contribution is 1.14. The molecule has 0 aliphatic rings. The largest absolute Gasteiger partial charge is 0.357 e. The molecule has 1 aromatic rings. The van der Waals surface area contributed by atoms with E-state index in [-0.39, 0.29) is 0 Å². The minimum atomic E-state index is 0.338. The van der Waals surface area contributed by atoms with Crippen molar-refractivity contribution in [1.29, 1.82) is 0 Å². The minimum Gasteiger partial charge on any atom is -0.357 e. The van der Waals surface area contributed by atoms with Gasteiger partial charge in [0, 0.05) is 36.5 Å². The third-order valence-corrected chi connectivity index (χ3v) is 1.46. The van der Waals surface area contributed by atoms with Crippen molar-refractivity contribution >= 4 is 12.0 Å². The molecule has 1 heterocycles. The molecule has 72 valence electrons. The molecule has 0 radical (unpaired) electrons. The van der Waals surface area contributed by atoms with Crippen LogP contribution in [0.1, 0.15) is 5.56 Å². The maximum atomic E-state index is 8.02. The summed E-state index contributed by atoms with van der Waals surface area (Å²) in [4.78, 5) is 10.7. The second kappa shape index (κ2) is 5.55. The summed E-state index contributed by atoms with van der Waals surface area (Å²) >= 11 is 0. The van der Waals surface area contributed by atoms with E-state index in [9.17, 15) is 0 Å². The fraction of sp³-hybridized carbons (Fsp3) is 0.250. The van der Waals surface area contributed by atoms with Gasteiger partial charge in [0.05, 0.1) is 0 Å². The molecule has 0 saturated carbocycles.